The Balaban J connectivity index is 1.65. The average molecular weight is 456 g/mol. The van der Waals surface area contributed by atoms with Gasteiger partial charge in [-0.05, 0) is 51.3 Å². The van der Waals surface area contributed by atoms with Gasteiger partial charge in [-0.15, -0.1) is 0 Å². The first-order valence-electron chi connectivity index (χ1n) is 11.7. The Kier molecular flexibility index (Phi) is 6.20. The Morgan fingerprint density at radius 2 is 2.12 bits per heavy atom. The van der Waals surface area contributed by atoms with Gasteiger partial charge in [-0.1, -0.05) is 6.92 Å². The number of aryl methyl sites for hydroxylation is 2. The lowest BCUT2D eigenvalue weighted by atomic mass is 10.0. The minimum atomic E-state index is -1.12. The second-order valence-electron chi connectivity index (χ2n) is 9.83. The number of carbonyl (C=O) groups is 1. The Bertz CT molecular complexity index is 1170. The van der Waals surface area contributed by atoms with E-state index in [-0.39, 0.29) is 24.0 Å². The molecule has 1 amide bonds. The van der Waals surface area contributed by atoms with Crippen molar-refractivity contribution in [2.45, 2.75) is 71.7 Å². The van der Waals surface area contributed by atoms with E-state index in [1.165, 1.54) is 6.92 Å². The number of hydrogen-bond acceptors (Lipinski definition) is 4. The normalized spacial score (nSPS) is 22.5. The van der Waals surface area contributed by atoms with Gasteiger partial charge in [0.25, 0.3) is 0 Å². The van der Waals surface area contributed by atoms with E-state index in [0.29, 0.717) is 19.4 Å². The summed E-state index contributed by atoms with van der Waals surface area (Å²) in [5.41, 5.74) is 2.68. The van der Waals surface area contributed by atoms with E-state index in [1.807, 2.05) is 48.7 Å². The van der Waals surface area contributed by atoms with Gasteiger partial charge >= 0.3 is 0 Å². The van der Waals surface area contributed by atoms with Crippen LogP contribution in [-0.4, -0.2) is 43.8 Å². The summed E-state index contributed by atoms with van der Waals surface area (Å²) in [6, 6.07) is 4.17. The van der Waals surface area contributed by atoms with Gasteiger partial charge < -0.3 is 10.1 Å². The quantitative estimate of drug-likeness (QED) is 0.559. The van der Waals surface area contributed by atoms with Gasteiger partial charge in [0, 0.05) is 50.3 Å². The van der Waals surface area contributed by atoms with Crippen LogP contribution in [0.2, 0.25) is 0 Å². The van der Waals surface area contributed by atoms with Crippen molar-refractivity contribution in [3.63, 3.8) is 0 Å². The van der Waals surface area contributed by atoms with Crippen molar-refractivity contribution in [3.8, 4) is 16.9 Å². The summed E-state index contributed by atoms with van der Waals surface area (Å²) in [5.74, 6) is 0.846. The van der Waals surface area contributed by atoms with E-state index in [4.69, 9.17) is 4.74 Å². The van der Waals surface area contributed by atoms with Crippen LogP contribution in [0.3, 0.4) is 0 Å². The molecule has 1 fully saturated rings. The summed E-state index contributed by atoms with van der Waals surface area (Å²) in [4.78, 5) is 11.3. The number of hydrogen-bond donors (Lipinski definition) is 1. The zero-order valence-corrected chi connectivity index (χ0v) is 20.4. The van der Waals surface area contributed by atoms with Crippen LogP contribution in [0, 0.1) is 12.8 Å². The van der Waals surface area contributed by atoms with E-state index < -0.39 is 5.67 Å². The topological polar surface area (TPSA) is 74.0 Å². The summed E-state index contributed by atoms with van der Waals surface area (Å²) >= 11 is 0. The van der Waals surface area contributed by atoms with Crippen molar-refractivity contribution < 1.29 is 13.9 Å². The molecule has 0 spiro atoms. The van der Waals surface area contributed by atoms with Crippen LogP contribution in [0.15, 0.2) is 24.5 Å². The highest BCUT2D eigenvalue weighted by Gasteiger charge is 2.36. The van der Waals surface area contributed by atoms with Crippen molar-refractivity contribution in [3.05, 3.63) is 30.2 Å². The zero-order chi connectivity index (χ0) is 23.9. The molecule has 3 aromatic rings. The van der Waals surface area contributed by atoms with Crippen molar-refractivity contribution in [2.24, 2.45) is 13.0 Å². The number of ether oxygens (including phenoxy) is 1. The lowest BCUT2D eigenvalue weighted by molar-refractivity contribution is -0.119. The molecule has 1 aliphatic rings. The number of fused-ring (bicyclic) bond motifs is 1. The van der Waals surface area contributed by atoms with Gasteiger partial charge in [-0.25, -0.2) is 4.39 Å². The molecule has 1 aliphatic carbocycles. The number of alkyl halides is 1. The molecule has 1 saturated carbocycles. The minimum Gasteiger partial charge on any atom is -0.490 e. The number of benzene rings is 1. The predicted octanol–water partition coefficient (Wildman–Crippen LogP) is 4.74. The van der Waals surface area contributed by atoms with Gasteiger partial charge in [-0.3, -0.25) is 14.2 Å². The maximum atomic E-state index is 14.3. The fourth-order valence-corrected chi connectivity index (χ4v) is 4.56. The fraction of sp³-hybridized carbons (Fsp3) is 0.560. The number of nitrogens with zero attached hydrogens (tertiary/aromatic N) is 4. The van der Waals surface area contributed by atoms with Gasteiger partial charge in [0.15, 0.2) is 0 Å². The van der Waals surface area contributed by atoms with E-state index in [1.54, 1.807) is 6.92 Å². The van der Waals surface area contributed by atoms with Gasteiger partial charge in [0.2, 0.25) is 5.91 Å². The molecular formula is C25H34FN5O2. The van der Waals surface area contributed by atoms with Crippen LogP contribution in [0.1, 0.15) is 58.7 Å². The number of amides is 1. The molecule has 0 aliphatic heterocycles. The van der Waals surface area contributed by atoms with E-state index >= 15 is 0 Å². The second-order valence-corrected chi connectivity index (χ2v) is 9.83. The van der Waals surface area contributed by atoms with Crippen LogP contribution in [-0.2, 0) is 11.8 Å². The first-order chi connectivity index (χ1) is 15.5. The maximum absolute atomic E-state index is 14.3. The highest BCUT2D eigenvalue weighted by atomic mass is 19.1. The lowest BCUT2D eigenvalue weighted by Gasteiger charge is -2.22. The summed E-state index contributed by atoms with van der Waals surface area (Å²) < 4.78 is 24.5. The SMILES string of the molecule is CC(=O)NCC(C)[C@@H](C)Oc1cc(-c2cnn(C3CCC(C)(F)C3)c2)cc2nn(C)c(C)c12. The van der Waals surface area contributed by atoms with Crippen LogP contribution in [0.25, 0.3) is 22.0 Å². The smallest absolute Gasteiger partial charge is 0.216 e. The third-order valence-corrected chi connectivity index (χ3v) is 6.94. The molecule has 2 heterocycles. The second kappa shape index (κ2) is 8.80. The summed E-state index contributed by atoms with van der Waals surface area (Å²) in [6.07, 6.45) is 5.57. The van der Waals surface area contributed by atoms with Crippen molar-refractivity contribution in [1.29, 1.82) is 0 Å². The molecular weight excluding hydrogens is 421 g/mol. The zero-order valence-electron chi connectivity index (χ0n) is 20.4. The Morgan fingerprint density at radius 3 is 2.79 bits per heavy atom. The van der Waals surface area contributed by atoms with Crippen molar-refractivity contribution in [1.82, 2.24) is 24.9 Å². The van der Waals surface area contributed by atoms with E-state index in [0.717, 1.165) is 39.9 Å². The number of rotatable bonds is 7. The molecule has 178 valence electrons. The Labute approximate surface area is 194 Å². The summed E-state index contributed by atoms with van der Waals surface area (Å²) in [6.45, 7) is 9.84. The number of halogens is 1. The van der Waals surface area contributed by atoms with Gasteiger partial charge in [0.05, 0.1) is 23.1 Å². The monoisotopic (exact) mass is 455 g/mol. The third kappa shape index (κ3) is 4.89. The standard InChI is InChI=1S/C25H34FN5O2/c1-15(12-27-18(4)32)17(3)33-23-10-19(9-22-24(23)16(2)30(6)29-22)20-13-28-31(14-20)21-7-8-25(5,26)11-21/h9-10,13-15,17,21H,7-8,11-12H2,1-6H3,(H,27,32)/t15?,17-,21?,25?/m1/s1. The molecule has 4 atom stereocenters. The highest BCUT2D eigenvalue weighted by Crippen LogP contribution is 2.41. The third-order valence-electron chi connectivity index (χ3n) is 6.94. The Hall–Kier alpha value is -2.90. The van der Waals surface area contributed by atoms with Gasteiger partial charge in [-0.2, -0.15) is 10.2 Å². The molecule has 7 nitrogen and oxygen atoms in total. The van der Waals surface area contributed by atoms with Gasteiger partial charge in [0.1, 0.15) is 17.5 Å². The first kappa shape index (κ1) is 23.3. The number of aromatic nitrogens is 4. The predicted molar refractivity (Wildman–Crippen MR) is 127 cm³/mol. The molecule has 0 radical (unpaired) electrons. The molecule has 2 aromatic heterocycles. The van der Waals surface area contributed by atoms with Crippen LogP contribution in [0.5, 0.6) is 5.75 Å². The van der Waals surface area contributed by atoms with E-state index in [9.17, 15) is 9.18 Å². The first-order valence-corrected chi connectivity index (χ1v) is 11.7. The molecule has 3 unspecified atom stereocenters. The fourth-order valence-electron chi connectivity index (χ4n) is 4.56. The maximum Gasteiger partial charge on any atom is 0.216 e. The minimum absolute atomic E-state index is 0.0473. The molecule has 33 heavy (non-hydrogen) atoms. The van der Waals surface area contributed by atoms with Crippen LogP contribution >= 0.6 is 0 Å². The Morgan fingerprint density at radius 1 is 1.36 bits per heavy atom. The van der Waals surface area contributed by atoms with E-state index in [2.05, 4.69) is 28.5 Å². The molecule has 1 aromatic carbocycles. The highest BCUT2D eigenvalue weighted by molar-refractivity contribution is 5.92. The number of carbonyl (C=O) groups excluding carboxylic acids is 1. The summed E-state index contributed by atoms with van der Waals surface area (Å²) in [7, 11) is 1.92. The van der Waals surface area contributed by atoms with Crippen LogP contribution in [0.4, 0.5) is 4.39 Å². The molecule has 1 N–H and O–H groups in total. The molecule has 8 heteroatoms. The van der Waals surface area contributed by atoms with Crippen molar-refractivity contribution >= 4 is 16.8 Å². The van der Waals surface area contributed by atoms with Crippen LogP contribution < -0.4 is 10.1 Å². The molecule has 0 bridgehead atoms. The lowest BCUT2D eigenvalue weighted by Crippen LogP contribution is -2.33. The van der Waals surface area contributed by atoms with Crippen molar-refractivity contribution in [2.75, 3.05) is 6.54 Å². The average Bonchev–Trinajstić information content (AvgIpc) is 3.44. The largest absolute Gasteiger partial charge is 0.490 e. The number of nitrogens with one attached hydrogen (secondary N) is 1. The summed E-state index contributed by atoms with van der Waals surface area (Å²) in [5, 5.41) is 13.1. The molecule has 4 rings (SSSR count). The molecule has 0 saturated heterocycles.